The van der Waals surface area contributed by atoms with E-state index in [1.165, 1.54) is 6.92 Å². The number of nitrogens with zero attached hydrogens (tertiary/aromatic N) is 1. The van der Waals surface area contributed by atoms with E-state index in [4.69, 9.17) is 5.26 Å². The van der Waals surface area contributed by atoms with Crippen molar-refractivity contribution in [3.63, 3.8) is 0 Å². The Morgan fingerprint density at radius 2 is 2.00 bits per heavy atom. The van der Waals surface area contributed by atoms with Crippen molar-refractivity contribution in [2.24, 2.45) is 0 Å². The van der Waals surface area contributed by atoms with Crippen molar-refractivity contribution in [3.8, 4) is 6.07 Å². The van der Waals surface area contributed by atoms with Crippen LogP contribution in [0.3, 0.4) is 0 Å². The lowest BCUT2D eigenvalue weighted by Crippen LogP contribution is -2.05. The average molecular weight is 159 g/mol. The van der Waals surface area contributed by atoms with Gasteiger partial charge in [0.15, 0.2) is 5.78 Å². The van der Waals surface area contributed by atoms with E-state index in [1.54, 1.807) is 12.1 Å². The summed E-state index contributed by atoms with van der Waals surface area (Å²) in [7, 11) is 0. The maximum Gasteiger partial charge on any atom is 0.151 e. The summed E-state index contributed by atoms with van der Waals surface area (Å²) in [5.41, 5.74) is 0.771. The Bertz CT molecular complexity index is 310. The lowest BCUT2D eigenvalue weighted by Gasteiger charge is -2.03. The first-order valence-electron chi connectivity index (χ1n) is 3.70. The van der Waals surface area contributed by atoms with Gasteiger partial charge in [-0.25, -0.2) is 0 Å². The predicted octanol–water partition coefficient (Wildman–Crippen LogP) is 1.88. The van der Waals surface area contributed by atoms with Crippen molar-refractivity contribution >= 4 is 5.78 Å². The minimum absolute atomic E-state index is 0.108. The molecule has 12 heavy (non-hydrogen) atoms. The number of rotatable bonds is 2. The molecule has 0 amide bonds. The van der Waals surface area contributed by atoms with Gasteiger partial charge in [-0.05, 0) is 12.5 Å². The lowest BCUT2D eigenvalue weighted by molar-refractivity contribution is -0.117. The molecule has 0 aliphatic heterocycles. The van der Waals surface area contributed by atoms with Gasteiger partial charge >= 0.3 is 0 Å². The van der Waals surface area contributed by atoms with Crippen LogP contribution >= 0.6 is 0 Å². The zero-order valence-corrected chi connectivity index (χ0v) is 6.82. The third-order valence-electron chi connectivity index (χ3n) is 1.67. The van der Waals surface area contributed by atoms with Gasteiger partial charge in [-0.2, -0.15) is 5.26 Å². The molecule has 0 aliphatic carbocycles. The second-order valence-electron chi connectivity index (χ2n) is 2.58. The largest absolute Gasteiger partial charge is 0.298 e. The second kappa shape index (κ2) is 3.68. The van der Waals surface area contributed by atoms with Gasteiger partial charge in [0.1, 0.15) is 5.92 Å². The molecule has 0 aromatic heterocycles. The fourth-order valence-electron chi connectivity index (χ4n) is 1.05. The summed E-state index contributed by atoms with van der Waals surface area (Å²) in [4.78, 5) is 11.0. The summed E-state index contributed by atoms with van der Waals surface area (Å²) < 4.78 is 0. The van der Waals surface area contributed by atoms with Crippen molar-refractivity contribution in [1.29, 1.82) is 5.26 Å². The normalized spacial score (nSPS) is 11.7. The second-order valence-corrected chi connectivity index (χ2v) is 2.58. The van der Waals surface area contributed by atoms with E-state index in [1.807, 2.05) is 24.3 Å². The van der Waals surface area contributed by atoms with E-state index in [0.29, 0.717) is 0 Å². The summed E-state index contributed by atoms with van der Waals surface area (Å²) in [6.45, 7) is 1.43. The Balaban J connectivity index is 2.98. The molecule has 0 saturated heterocycles. The molecule has 1 rings (SSSR count). The molecule has 0 saturated carbocycles. The van der Waals surface area contributed by atoms with E-state index in [9.17, 15) is 4.79 Å². The average Bonchev–Trinajstić information content (AvgIpc) is 2.07. The van der Waals surface area contributed by atoms with Gasteiger partial charge in [0.25, 0.3) is 0 Å². The van der Waals surface area contributed by atoms with Gasteiger partial charge in [0.05, 0.1) is 6.07 Å². The molecule has 0 unspecified atom stereocenters. The molecule has 60 valence electrons. The Kier molecular flexibility index (Phi) is 2.60. The van der Waals surface area contributed by atoms with Crippen LogP contribution in [0.2, 0.25) is 0 Å². The number of hydrogen-bond acceptors (Lipinski definition) is 2. The predicted molar refractivity (Wildman–Crippen MR) is 45.5 cm³/mol. The highest BCUT2D eigenvalue weighted by atomic mass is 16.1. The van der Waals surface area contributed by atoms with E-state index in [-0.39, 0.29) is 5.78 Å². The molecule has 2 heteroatoms. The standard InChI is InChI=1S/C10H9NO/c1-8(12)10(7-11)9-5-3-2-4-6-9/h2-6,10H,1H3/t10-/m1/s1. The van der Waals surface area contributed by atoms with Crippen LogP contribution in [-0.4, -0.2) is 5.78 Å². The van der Waals surface area contributed by atoms with Gasteiger partial charge in [-0.3, -0.25) is 4.79 Å². The smallest absolute Gasteiger partial charge is 0.151 e. The molecule has 1 aromatic carbocycles. The first-order valence-corrected chi connectivity index (χ1v) is 3.70. The molecule has 0 fully saturated rings. The summed E-state index contributed by atoms with van der Waals surface area (Å²) in [5, 5.41) is 8.68. The van der Waals surface area contributed by atoms with Crippen LogP contribution < -0.4 is 0 Å². The van der Waals surface area contributed by atoms with Crippen molar-refractivity contribution in [1.82, 2.24) is 0 Å². The molecule has 0 radical (unpaired) electrons. The Hall–Kier alpha value is -1.62. The fourth-order valence-corrected chi connectivity index (χ4v) is 1.05. The first-order chi connectivity index (χ1) is 5.75. The molecule has 0 aliphatic rings. The van der Waals surface area contributed by atoms with E-state index >= 15 is 0 Å². The Morgan fingerprint density at radius 1 is 1.42 bits per heavy atom. The molecule has 2 nitrogen and oxygen atoms in total. The van der Waals surface area contributed by atoms with Crippen LogP contribution in [0.1, 0.15) is 18.4 Å². The maximum atomic E-state index is 11.0. The molecular weight excluding hydrogens is 150 g/mol. The van der Waals surface area contributed by atoms with Crippen molar-refractivity contribution < 1.29 is 4.79 Å². The molecule has 0 bridgehead atoms. The molecule has 0 N–H and O–H groups in total. The van der Waals surface area contributed by atoms with E-state index in [2.05, 4.69) is 0 Å². The van der Waals surface area contributed by atoms with Gasteiger partial charge < -0.3 is 0 Å². The van der Waals surface area contributed by atoms with Gasteiger partial charge in [-0.15, -0.1) is 0 Å². The summed E-state index contributed by atoms with van der Waals surface area (Å²) in [5.74, 6) is -0.713. The molecule has 0 spiro atoms. The topological polar surface area (TPSA) is 40.9 Å². The zero-order valence-electron chi connectivity index (χ0n) is 6.82. The minimum atomic E-state index is -0.605. The van der Waals surface area contributed by atoms with E-state index in [0.717, 1.165) is 5.56 Å². The van der Waals surface area contributed by atoms with Crippen molar-refractivity contribution in [3.05, 3.63) is 35.9 Å². The van der Waals surface area contributed by atoms with Crippen LogP contribution in [0.25, 0.3) is 0 Å². The van der Waals surface area contributed by atoms with Gasteiger partial charge in [-0.1, -0.05) is 30.3 Å². The van der Waals surface area contributed by atoms with Crippen LogP contribution in [0.4, 0.5) is 0 Å². The van der Waals surface area contributed by atoms with E-state index < -0.39 is 5.92 Å². The van der Waals surface area contributed by atoms with Gasteiger partial charge in [0, 0.05) is 0 Å². The van der Waals surface area contributed by atoms with Crippen LogP contribution in [0.5, 0.6) is 0 Å². The highest BCUT2D eigenvalue weighted by Gasteiger charge is 2.14. The number of carbonyl (C=O) groups excluding carboxylic acids is 1. The Labute approximate surface area is 71.4 Å². The number of nitriles is 1. The number of carbonyl (C=O) groups is 1. The molecule has 0 heterocycles. The van der Waals surface area contributed by atoms with Crippen LogP contribution in [0.15, 0.2) is 30.3 Å². The number of hydrogen-bond donors (Lipinski definition) is 0. The van der Waals surface area contributed by atoms with Crippen molar-refractivity contribution in [2.45, 2.75) is 12.8 Å². The van der Waals surface area contributed by atoms with Crippen LogP contribution in [-0.2, 0) is 4.79 Å². The SMILES string of the molecule is CC(=O)[C@@H](C#N)c1ccccc1. The molecular formula is C10H9NO. The summed E-state index contributed by atoms with van der Waals surface area (Å²) >= 11 is 0. The lowest BCUT2D eigenvalue weighted by atomic mass is 9.97. The zero-order chi connectivity index (χ0) is 8.97. The quantitative estimate of drug-likeness (QED) is 0.661. The highest BCUT2D eigenvalue weighted by molar-refractivity contribution is 5.86. The first kappa shape index (κ1) is 8.48. The van der Waals surface area contributed by atoms with Gasteiger partial charge in [0.2, 0.25) is 0 Å². The van der Waals surface area contributed by atoms with Crippen LogP contribution in [0, 0.1) is 11.3 Å². The van der Waals surface area contributed by atoms with Crippen molar-refractivity contribution in [2.75, 3.05) is 0 Å². The Morgan fingerprint density at radius 3 is 2.42 bits per heavy atom. The highest BCUT2D eigenvalue weighted by Crippen LogP contribution is 2.14. The number of ketones is 1. The number of benzene rings is 1. The third kappa shape index (κ3) is 1.70. The fraction of sp³-hybridized carbons (Fsp3) is 0.200. The minimum Gasteiger partial charge on any atom is -0.298 e. The third-order valence-corrected chi connectivity index (χ3v) is 1.67. The number of Topliss-reactive ketones (excluding diaryl/α,β-unsaturated/α-hetero) is 1. The summed E-state index contributed by atoms with van der Waals surface area (Å²) in [6.07, 6.45) is 0. The molecule has 1 aromatic rings. The maximum absolute atomic E-state index is 11.0. The molecule has 1 atom stereocenters. The monoisotopic (exact) mass is 159 g/mol. The summed E-state index contributed by atoms with van der Waals surface area (Å²) in [6, 6.07) is 11.0.